The lowest BCUT2D eigenvalue weighted by atomic mass is 9.99. The van der Waals surface area contributed by atoms with Crippen molar-refractivity contribution in [2.45, 2.75) is 69.1 Å². The fourth-order valence-electron chi connectivity index (χ4n) is 3.45. The van der Waals surface area contributed by atoms with Gasteiger partial charge in [-0.2, -0.15) is 11.8 Å². The Hall–Kier alpha value is -0.470. The first kappa shape index (κ1) is 16.9. The Kier molecular flexibility index (Phi) is 7.12. The Morgan fingerprint density at radius 3 is 2.48 bits per heavy atom. The van der Waals surface area contributed by atoms with E-state index in [2.05, 4.69) is 60.6 Å². The molecule has 1 saturated carbocycles. The van der Waals surface area contributed by atoms with Crippen molar-refractivity contribution in [1.82, 2.24) is 5.32 Å². The normalized spacial score (nSPS) is 18.8. The quantitative estimate of drug-likeness (QED) is 0.598. The molecule has 0 saturated heterocycles. The fraction of sp³-hybridized carbons (Fsp3) is 0.684. The van der Waals surface area contributed by atoms with Gasteiger partial charge in [0.1, 0.15) is 0 Å². The van der Waals surface area contributed by atoms with Crippen LogP contribution in [-0.4, -0.2) is 17.5 Å². The van der Waals surface area contributed by atoms with Gasteiger partial charge in [0.2, 0.25) is 0 Å². The van der Waals surface area contributed by atoms with Gasteiger partial charge in [-0.1, -0.05) is 69.4 Å². The van der Waals surface area contributed by atoms with Crippen LogP contribution in [0.4, 0.5) is 0 Å². The first-order valence-corrected chi connectivity index (χ1v) is 9.85. The molecule has 0 bridgehead atoms. The zero-order valence-electron chi connectivity index (χ0n) is 13.7. The summed E-state index contributed by atoms with van der Waals surface area (Å²) < 4.78 is 0.498. The van der Waals surface area contributed by atoms with E-state index < -0.39 is 0 Å². The van der Waals surface area contributed by atoms with Crippen molar-refractivity contribution in [1.29, 1.82) is 0 Å². The average Bonchev–Trinajstić information content (AvgIpc) is 3.01. The van der Waals surface area contributed by atoms with E-state index in [0.717, 1.165) is 0 Å². The molecule has 118 valence electrons. The highest BCUT2D eigenvalue weighted by atomic mass is 32.2. The van der Waals surface area contributed by atoms with Gasteiger partial charge in [0.25, 0.3) is 0 Å². The van der Waals surface area contributed by atoms with Gasteiger partial charge in [0, 0.05) is 17.3 Å². The molecule has 0 spiro atoms. The zero-order chi connectivity index (χ0) is 15.0. The van der Waals surface area contributed by atoms with Crippen molar-refractivity contribution >= 4 is 11.8 Å². The molecular formula is C19H31NS. The molecule has 1 aromatic carbocycles. The number of hydrogen-bond donors (Lipinski definition) is 1. The Morgan fingerprint density at radius 2 is 1.86 bits per heavy atom. The van der Waals surface area contributed by atoms with Crippen LogP contribution in [0, 0.1) is 0 Å². The maximum Gasteiger partial charge on any atom is 0.0320 e. The number of thioether (sulfide) groups is 1. The third-order valence-electron chi connectivity index (χ3n) is 4.92. The van der Waals surface area contributed by atoms with Crippen LogP contribution in [-0.2, 0) is 0 Å². The Bertz CT molecular complexity index is 384. The molecule has 1 N–H and O–H groups in total. The van der Waals surface area contributed by atoms with Crippen molar-refractivity contribution in [2.24, 2.45) is 0 Å². The second-order valence-corrected chi connectivity index (χ2v) is 7.71. The first-order chi connectivity index (χ1) is 10.3. The maximum absolute atomic E-state index is 3.91. The standard InChI is InChI=1S/C19H31NS/c1-3-4-6-13-18(17-11-7-5-8-12-17)20-16-19(21-2)14-9-10-15-19/h5,7-8,11-12,18,20H,3-4,6,9-10,13-16H2,1-2H3. The largest absolute Gasteiger partial charge is 0.309 e. The van der Waals surface area contributed by atoms with Crippen LogP contribution < -0.4 is 5.32 Å². The van der Waals surface area contributed by atoms with Gasteiger partial charge in [-0.05, 0) is 31.1 Å². The molecule has 1 fully saturated rings. The van der Waals surface area contributed by atoms with Gasteiger partial charge in [-0.15, -0.1) is 0 Å². The van der Waals surface area contributed by atoms with Crippen LogP contribution in [0.25, 0.3) is 0 Å². The summed E-state index contributed by atoms with van der Waals surface area (Å²) in [5.41, 5.74) is 1.46. The van der Waals surface area contributed by atoms with E-state index in [1.54, 1.807) is 0 Å². The molecule has 1 nitrogen and oxygen atoms in total. The molecule has 21 heavy (non-hydrogen) atoms. The molecule has 1 atom stereocenters. The van der Waals surface area contributed by atoms with Crippen molar-refractivity contribution in [3.63, 3.8) is 0 Å². The highest BCUT2D eigenvalue weighted by Crippen LogP contribution is 2.40. The molecule has 2 heteroatoms. The predicted molar refractivity (Wildman–Crippen MR) is 96.0 cm³/mol. The summed E-state index contributed by atoms with van der Waals surface area (Å²) >= 11 is 2.08. The number of hydrogen-bond acceptors (Lipinski definition) is 2. The van der Waals surface area contributed by atoms with Gasteiger partial charge in [-0.3, -0.25) is 0 Å². The van der Waals surface area contributed by atoms with Gasteiger partial charge < -0.3 is 5.32 Å². The summed E-state index contributed by atoms with van der Waals surface area (Å²) in [6.07, 6.45) is 13.1. The van der Waals surface area contributed by atoms with E-state index in [-0.39, 0.29) is 0 Å². The number of benzene rings is 1. The highest BCUT2D eigenvalue weighted by Gasteiger charge is 2.33. The zero-order valence-corrected chi connectivity index (χ0v) is 14.6. The van der Waals surface area contributed by atoms with Crippen LogP contribution in [0.15, 0.2) is 30.3 Å². The Morgan fingerprint density at radius 1 is 1.14 bits per heavy atom. The van der Waals surface area contributed by atoms with E-state index in [1.807, 2.05) is 0 Å². The third kappa shape index (κ3) is 5.03. The number of unbranched alkanes of at least 4 members (excludes halogenated alkanes) is 2. The molecule has 1 aromatic rings. The minimum atomic E-state index is 0.498. The van der Waals surface area contributed by atoms with Gasteiger partial charge in [-0.25, -0.2) is 0 Å². The minimum absolute atomic E-state index is 0.498. The summed E-state index contributed by atoms with van der Waals surface area (Å²) in [7, 11) is 0. The van der Waals surface area contributed by atoms with E-state index in [4.69, 9.17) is 0 Å². The predicted octanol–water partition coefficient (Wildman–Crippen LogP) is 5.57. The van der Waals surface area contributed by atoms with Crippen molar-refractivity contribution < 1.29 is 0 Å². The summed E-state index contributed by atoms with van der Waals surface area (Å²) in [5.74, 6) is 0. The van der Waals surface area contributed by atoms with Gasteiger partial charge >= 0.3 is 0 Å². The van der Waals surface area contributed by atoms with Gasteiger partial charge in [0.15, 0.2) is 0 Å². The lowest BCUT2D eigenvalue weighted by Gasteiger charge is -2.30. The van der Waals surface area contributed by atoms with E-state index in [9.17, 15) is 0 Å². The van der Waals surface area contributed by atoms with Crippen molar-refractivity contribution in [3.8, 4) is 0 Å². The van der Waals surface area contributed by atoms with Crippen LogP contribution >= 0.6 is 11.8 Å². The highest BCUT2D eigenvalue weighted by molar-refractivity contribution is 8.00. The smallest absolute Gasteiger partial charge is 0.0320 e. The topological polar surface area (TPSA) is 12.0 Å². The SMILES string of the molecule is CCCCCC(NCC1(SC)CCCC1)c1ccccc1. The number of rotatable bonds is 9. The lowest BCUT2D eigenvalue weighted by Crippen LogP contribution is -2.37. The van der Waals surface area contributed by atoms with Crippen LogP contribution in [0.3, 0.4) is 0 Å². The average molecular weight is 306 g/mol. The fourth-order valence-corrected chi connectivity index (χ4v) is 4.38. The van der Waals surface area contributed by atoms with Crippen molar-refractivity contribution in [3.05, 3.63) is 35.9 Å². The molecule has 1 aliphatic carbocycles. The van der Waals surface area contributed by atoms with Crippen LogP contribution in [0.5, 0.6) is 0 Å². The van der Waals surface area contributed by atoms with E-state index in [0.29, 0.717) is 10.8 Å². The maximum atomic E-state index is 3.91. The molecule has 0 aliphatic heterocycles. The molecule has 2 rings (SSSR count). The first-order valence-electron chi connectivity index (χ1n) is 8.63. The Balaban J connectivity index is 1.95. The third-order valence-corrected chi connectivity index (χ3v) is 6.34. The molecule has 1 unspecified atom stereocenters. The monoisotopic (exact) mass is 305 g/mol. The molecule has 0 aromatic heterocycles. The molecular weight excluding hydrogens is 274 g/mol. The van der Waals surface area contributed by atoms with Crippen LogP contribution in [0.1, 0.15) is 69.9 Å². The van der Waals surface area contributed by atoms with Crippen LogP contribution in [0.2, 0.25) is 0 Å². The second kappa shape index (κ2) is 8.85. The summed E-state index contributed by atoms with van der Waals surface area (Å²) in [5, 5.41) is 3.91. The lowest BCUT2D eigenvalue weighted by molar-refractivity contribution is 0.434. The van der Waals surface area contributed by atoms with E-state index in [1.165, 1.54) is 63.5 Å². The number of nitrogens with one attached hydrogen (secondary N) is 1. The summed E-state index contributed by atoms with van der Waals surface area (Å²) in [4.78, 5) is 0. The summed E-state index contributed by atoms with van der Waals surface area (Å²) in [6.45, 7) is 3.45. The molecule has 0 radical (unpaired) electrons. The summed E-state index contributed by atoms with van der Waals surface area (Å²) in [6, 6.07) is 11.6. The molecule has 0 heterocycles. The molecule has 1 aliphatic rings. The van der Waals surface area contributed by atoms with Gasteiger partial charge in [0.05, 0.1) is 0 Å². The minimum Gasteiger partial charge on any atom is -0.309 e. The molecule has 0 amide bonds. The van der Waals surface area contributed by atoms with E-state index >= 15 is 0 Å². The Labute approximate surface area is 135 Å². The van der Waals surface area contributed by atoms with Crippen molar-refractivity contribution in [2.75, 3.05) is 12.8 Å². The second-order valence-electron chi connectivity index (χ2n) is 6.43.